The van der Waals surface area contributed by atoms with Crippen LogP contribution in [0.2, 0.25) is 0 Å². The van der Waals surface area contributed by atoms with Gasteiger partial charge in [-0.15, -0.1) is 0 Å². The Morgan fingerprint density at radius 2 is 0.455 bits per heavy atom. The zero-order chi connectivity index (χ0) is 81.9. The Morgan fingerprint density at radius 3 is 0.618 bits per heavy atom. The predicted octanol–water partition coefficient (Wildman–Crippen LogP) is 23.9. The van der Waals surface area contributed by atoms with Crippen molar-refractivity contribution in [3.8, 4) is 46.0 Å². The van der Waals surface area contributed by atoms with E-state index in [1.165, 1.54) is 5.56 Å². The fourth-order valence-corrected chi connectivity index (χ4v) is 17.6. The summed E-state index contributed by atoms with van der Waals surface area (Å²) in [6.45, 7) is 67.5. The molecule has 0 amide bonds. The van der Waals surface area contributed by atoms with Gasteiger partial charge in [-0.25, -0.2) is 0 Å². The van der Waals surface area contributed by atoms with Crippen molar-refractivity contribution in [3.05, 3.63) is 231 Å². The highest BCUT2D eigenvalue weighted by molar-refractivity contribution is 7.60. The van der Waals surface area contributed by atoms with Crippen LogP contribution in [0.25, 0.3) is 0 Å². The number of rotatable bonds is 10. The summed E-state index contributed by atoms with van der Waals surface area (Å²) in [5, 5.41) is 10.1. The summed E-state index contributed by atoms with van der Waals surface area (Å²) >= 11 is 0. The van der Waals surface area contributed by atoms with Gasteiger partial charge < -0.3 is 37.6 Å². The van der Waals surface area contributed by atoms with Crippen LogP contribution in [-0.4, -0.2) is 35.3 Å². The molecule has 0 aromatic heterocycles. The predicted molar refractivity (Wildman–Crippen MR) is 447 cm³/mol. The number of fused-ring (bicyclic) bond motifs is 4. The summed E-state index contributed by atoms with van der Waals surface area (Å²) in [5.41, 5.74) is 19.9. The lowest BCUT2D eigenvalue weighted by Crippen LogP contribution is -2.17. The van der Waals surface area contributed by atoms with E-state index < -0.39 is 31.2 Å². The number of aromatic hydroxyl groups is 1. The van der Waals surface area contributed by atoms with E-state index in [9.17, 15) is 24.3 Å². The van der Waals surface area contributed by atoms with Gasteiger partial charge in [0, 0.05) is 50.8 Å². The molecular weight excluding hydrogens is 1390 g/mol. The molecule has 584 valence electrons. The lowest BCUT2D eigenvalue weighted by atomic mass is 9.77. The Labute approximate surface area is 656 Å². The number of phenols is 1. The van der Waals surface area contributed by atoms with Crippen LogP contribution in [0.1, 0.15) is 323 Å². The number of phenolic OH excluding ortho intramolecular Hbond substituents is 1. The third kappa shape index (κ3) is 15.8. The van der Waals surface area contributed by atoms with Gasteiger partial charge in [-0.3, -0.25) is 19.2 Å². The average Bonchev–Trinajstić information content (AvgIpc) is 1.58. The second-order valence-corrected chi connectivity index (χ2v) is 41.8. The zero-order valence-corrected chi connectivity index (χ0v) is 72.5. The van der Waals surface area contributed by atoms with Gasteiger partial charge in [0.25, 0.3) is 0 Å². The molecule has 0 fully saturated rings. The fraction of sp³-hybridized carbons (Fsp3) is 0.454. The van der Waals surface area contributed by atoms with Crippen LogP contribution in [0.5, 0.6) is 46.0 Å². The van der Waals surface area contributed by atoms with Crippen molar-refractivity contribution in [2.45, 2.75) is 289 Å². The van der Waals surface area contributed by atoms with Crippen LogP contribution < -0.4 is 32.5 Å². The standard InChI is InChI=1S/C73H89O9P.C24H30O3/c1-38-26-44(56-50-32-47(68(7,8)9)35-53(71(16,17)18)62(50)77-65(56)74)27-39(2)59(38)80-83(25,81-60-40(3)28-45(29-41(60)4)57-51-33-48(69(10,11)12)36-54(72(19,20)21)63(51)78-66(57)75)82-61-42(5)30-46(31-43(61)6)58-52-34-49(70(13,14)15)37-55(73(22,23)24)64(52)79-67(58)76;1-13-9-15(10-14(2)20(13)25)19-17-11-16(23(3,4)5)12-18(24(6,7)8)21(17)27-22(19)26/h26-37,56-58H,25H2,1-24H3;9-12,19,25H,1-8H3. The molecule has 12 nitrogen and oxygen atoms in total. The molecule has 110 heavy (non-hydrogen) atoms. The van der Waals surface area contributed by atoms with Gasteiger partial charge >= 0.3 is 31.4 Å². The number of aryl methyl sites for hydroxylation is 8. The van der Waals surface area contributed by atoms with E-state index in [0.717, 1.165) is 128 Å². The molecule has 0 aliphatic carbocycles. The SMILES string of the molecule is C=P(Oc1c(C)cc(C2C(=O)Oc3c2cc(C(C)(C)C)cc3C(C)(C)C)cc1C)(Oc1c(C)cc(C2C(=O)Oc3c2cc(C(C)(C)C)cc3C(C)(C)C)cc1C)Oc1c(C)cc(C2C(=O)Oc3c2cc(C(C)(C)C)cc3C(C)(C)C)cc1C.Cc1cc(C2C(=O)Oc3c2cc(C(C)(C)C)cc3C(C)(C)C)cc(C)c1O. The first-order valence-corrected chi connectivity index (χ1v) is 40.6. The molecule has 12 rings (SSSR count). The Morgan fingerprint density at radius 1 is 0.282 bits per heavy atom. The fourth-order valence-electron chi connectivity index (χ4n) is 15.8. The highest BCUT2D eigenvalue weighted by Crippen LogP contribution is 2.58. The number of carbonyl (C=O) groups excluding carboxylic acids is 4. The molecule has 0 saturated carbocycles. The Kier molecular flexibility index (Phi) is 20.8. The third-order valence-electron chi connectivity index (χ3n) is 22.2. The molecule has 4 unspecified atom stereocenters. The summed E-state index contributed by atoms with van der Waals surface area (Å²) in [5.74, 6) is 0.741. The number of hydrogen-bond acceptors (Lipinski definition) is 12. The third-order valence-corrected chi connectivity index (χ3v) is 23.5. The number of ether oxygens (including phenoxy) is 4. The normalized spacial score (nSPS) is 17.8. The Balaban J connectivity index is 0.000000372. The molecule has 1 N–H and O–H groups in total. The van der Waals surface area contributed by atoms with Gasteiger partial charge in [0.1, 0.15) is 69.7 Å². The first kappa shape index (κ1) is 82.1. The highest BCUT2D eigenvalue weighted by Gasteiger charge is 2.46. The maximum absolute atomic E-state index is 14.2. The molecule has 8 aromatic carbocycles. The second-order valence-electron chi connectivity index (χ2n) is 40.0. The van der Waals surface area contributed by atoms with E-state index in [1.807, 2.05) is 104 Å². The smallest absolute Gasteiger partial charge is 0.409 e. The summed E-state index contributed by atoms with van der Waals surface area (Å²) in [4.78, 5) is 55.4. The molecular formula is C97H119O12P. The quantitative estimate of drug-likeness (QED) is 0.0788. The average molecular weight is 1510 g/mol. The molecule has 4 aliphatic rings. The van der Waals surface area contributed by atoms with Crippen molar-refractivity contribution in [1.82, 2.24) is 0 Å². The number of carbonyl (C=O) groups is 4. The second kappa shape index (κ2) is 27.8. The van der Waals surface area contributed by atoms with Crippen molar-refractivity contribution >= 4 is 37.7 Å². The zero-order valence-electron chi connectivity index (χ0n) is 71.6. The minimum atomic E-state index is -3.79. The first-order chi connectivity index (χ1) is 50.3. The van der Waals surface area contributed by atoms with E-state index in [0.29, 0.717) is 40.2 Å². The topological polar surface area (TPSA) is 153 Å². The van der Waals surface area contributed by atoms with Crippen LogP contribution in [0, 0.1) is 55.4 Å². The first-order valence-electron chi connectivity index (χ1n) is 38.9. The molecule has 4 heterocycles. The van der Waals surface area contributed by atoms with E-state index >= 15 is 0 Å². The summed E-state index contributed by atoms with van der Waals surface area (Å²) in [6, 6.07) is 33.0. The highest BCUT2D eigenvalue weighted by atomic mass is 31.2. The molecule has 4 atom stereocenters. The molecule has 0 radical (unpaired) electrons. The number of hydrogen-bond donors (Lipinski definition) is 1. The van der Waals surface area contributed by atoms with Gasteiger partial charge in [0.2, 0.25) is 0 Å². The molecule has 0 saturated heterocycles. The number of benzene rings is 8. The molecule has 4 aliphatic heterocycles. The maximum Gasteiger partial charge on any atom is 0.409 e. The molecule has 8 aromatic rings. The van der Waals surface area contributed by atoms with Crippen molar-refractivity contribution in [1.29, 1.82) is 0 Å². The monoisotopic (exact) mass is 1510 g/mol. The van der Waals surface area contributed by atoms with E-state index in [2.05, 4.69) is 215 Å². The summed E-state index contributed by atoms with van der Waals surface area (Å²) in [6.07, 6.45) is 4.75. The van der Waals surface area contributed by atoms with Gasteiger partial charge in [-0.05, 0) is 188 Å². The Hall–Kier alpha value is -8.86. The van der Waals surface area contributed by atoms with Gasteiger partial charge in [0.15, 0.2) is 0 Å². The lowest BCUT2D eigenvalue weighted by Gasteiger charge is -2.30. The van der Waals surface area contributed by atoms with Crippen molar-refractivity contribution in [2.75, 3.05) is 0 Å². The van der Waals surface area contributed by atoms with Gasteiger partial charge in [-0.2, -0.15) is 0 Å². The van der Waals surface area contributed by atoms with Gasteiger partial charge in [0.05, 0.1) is 0 Å². The van der Waals surface area contributed by atoms with Crippen molar-refractivity contribution in [3.63, 3.8) is 0 Å². The van der Waals surface area contributed by atoms with Crippen LogP contribution in [-0.2, 0) is 62.5 Å². The summed E-state index contributed by atoms with van der Waals surface area (Å²) in [7, 11) is -3.79. The molecule has 0 spiro atoms. The number of esters is 4. The van der Waals surface area contributed by atoms with E-state index in [4.69, 9.17) is 38.8 Å². The minimum Gasteiger partial charge on any atom is -0.507 e. The van der Waals surface area contributed by atoms with Crippen LogP contribution in [0.4, 0.5) is 0 Å². The van der Waals surface area contributed by atoms with Crippen LogP contribution in [0.3, 0.4) is 0 Å². The maximum atomic E-state index is 14.2. The largest absolute Gasteiger partial charge is 0.507 e. The summed E-state index contributed by atoms with van der Waals surface area (Å²) < 4.78 is 46.0. The molecule has 13 heteroatoms. The van der Waals surface area contributed by atoms with Crippen LogP contribution in [0.15, 0.2) is 97.1 Å². The van der Waals surface area contributed by atoms with Crippen LogP contribution >= 0.6 is 7.57 Å². The van der Waals surface area contributed by atoms with E-state index in [-0.39, 0.29) is 72.9 Å². The van der Waals surface area contributed by atoms with E-state index in [1.54, 1.807) is 0 Å². The lowest BCUT2D eigenvalue weighted by molar-refractivity contribution is -0.134. The molecule has 0 bridgehead atoms. The minimum absolute atomic E-state index is 0.0357. The van der Waals surface area contributed by atoms with Gasteiger partial charge in [-0.1, -0.05) is 263 Å². The van der Waals surface area contributed by atoms with Crippen molar-refractivity contribution < 1.29 is 56.8 Å². The Bertz CT molecular complexity index is 4710. The van der Waals surface area contributed by atoms with Crippen molar-refractivity contribution in [2.24, 2.45) is 0 Å².